The number of nitrogens with one attached hydrogen (secondary N) is 1. The van der Waals surface area contributed by atoms with Gasteiger partial charge in [0.25, 0.3) is 0 Å². The lowest BCUT2D eigenvalue weighted by molar-refractivity contribution is -0.143. The highest BCUT2D eigenvalue weighted by molar-refractivity contribution is 5.88. The number of methoxy groups -OCH3 is 2. The summed E-state index contributed by atoms with van der Waals surface area (Å²) in [5, 5.41) is 2.92. The van der Waals surface area contributed by atoms with Gasteiger partial charge >= 0.3 is 0 Å². The zero-order chi connectivity index (χ0) is 21.4. The molecule has 0 aliphatic rings. The third kappa shape index (κ3) is 6.24. The zero-order valence-electron chi connectivity index (χ0n) is 17.8. The summed E-state index contributed by atoms with van der Waals surface area (Å²) in [6.45, 7) is 6.18. The molecule has 0 aromatic heterocycles. The number of carbonyl (C=O) groups is 2. The highest BCUT2D eigenvalue weighted by Crippen LogP contribution is 2.17. The fourth-order valence-corrected chi connectivity index (χ4v) is 2.89. The third-order valence-electron chi connectivity index (χ3n) is 4.76. The van der Waals surface area contributed by atoms with E-state index >= 15 is 0 Å². The molecule has 1 atom stereocenters. The molecule has 2 aromatic rings. The van der Waals surface area contributed by atoms with Crippen molar-refractivity contribution in [2.75, 3.05) is 14.2 Å². The maximum absolute atomic E-state index is 12.8. The van der Waals surface area contributed by atoms with E-state index in [2.05, 4.69) is 5.32 Å². The monoisotopic (exact) mass is 398 g/mol. The van der Waals surface area contributed by atoms with E-state index in [0.29, 0.717) is 13.1 Å². The van der Waals surface area contributed by atoms with Gasteiger partial charge in [-0.15, -0.1) is 0 Å². The van der Waals surface area contributed by atoms with Crippen LogP contribution in [0.2, 0.25) is 0 Å². The Morgan fingerprint density at radius 2 is 1.34 bits per heavy atom. The molecule has 6 heteroatoms. The first kappa shape index (κ1) is 22.3. The van der Waals surface area contributed by atoms with Crippen LogP contribution in [0.15, 0.2) is 48.5 Å². The second-order valence-corrected chi connectivity index (χ2v) is 7.21. The number of hydrogen-bond donors (Lipinski definition) is 1. The van der Waals surface area contributed by atoms with E-state index in [1.807, 2.05) is 62.4 Å². The van der Waals surface area contributed by atoms with Crippen LogP contribution in [0.4, 0.5) is 0 Å². The Morgan fingerprint density at radius 1 is 0.862 bits per heavy atom. The first-order chi connectivity index (χ1) is 13.8. The number of hydrogen-bond acceptors (Lipinski definition) is 4. The van der Waals surface area contributed by atoms with Crippen LogP contribution >= 0.6 is 0 Å². The second-order valence-electron chi connectivity index (χ2n) is 7.21. The highest BCUT2D eigenvalue weighted by Gasteiger charge is 2.27. The largest absolute Gasteiger partial charge is 0.497 e. The molecule has 0 bridgehead atoms. The summed E-state index contributed by atoms with van der Waals surface area (Å²) in [4.78, 5) is 27.1. The Hall–Kier alpha value is -3.02. The van der Waals surface area contributed by atoms with Crippen molar-refractivity contribution in [3.05, 3.63) is 59.7 Å². The fraction of sp³-hybridized carbons (Fsp3) is 0.391. The van der Waals surface area contributed by atoms with Crippen molar-refractivity contribution >= 4 is 11.8 Å². The minimum atomic E-state index is -0.592. The number of nitrogens with zero attached hydrogens (tertiary/aromatic N) is 1. The van der Waals surface area contributed by atoms with Crippen molar-refractivity contribution in [1.82, 2.24) is 10.2 Å². The standard InChI is InChI=1S/C23H30N2O4/c1-16(2)23(27)25(15-19-8-12-21(29-5)13-9-19)17(3)22(26)24-14-18-6-10-20(28-4)11-7-18/h6-13,16-17H,14-15H2,1-5H3,(H,24,26)/t17-/m1/s1. The summed E-state index contributed by atoms with van der Waals surface area (Å²) in [5.74, 6) is 1.06. The average Bonchev–Trinajstić information content (AvgIpc) is 2.75. The Kier molecular flexibility index (Phi) is 8.07. The number of ether oxygens (including phenoxy) is 2. The van der Waals surface area contributed by atoms with Gasteiger partial charge in [-0.2, -0.15) is 0 Å². The number of amides is 2. The third-order valence-corrected chi connectivity index (χ3v) is 4.76. The molecule has 2 rings (SSSR count). The molecule has 2 amide bonds. The molecule has 29 heavy (non-hydrogen) atoms. The van der Waals surface area contributed by atoms with Crippen LogP contribution in [0.25, 0.3) is 0 Å². The second kappa shape index (κ2) is 10.5. The molecule has 6 nitrogen and oxygen atoms in total. The van der Waals surface area contributed by atoms with Crippen molar-refractivity contribution in [3.8, 4) is 11.5 Å². The van der Waals surface area contributed by atoms with Gasteiger partial charge in [-0.3, -0.25) is 9.59 Å². The molecule has 0 heterocycles. The van der Waals surface area contributed by atoms with Crippen LogP contribution in [0.3, 0.4) is 0 Å². The van der Waals surface area contributed by atoms with Crippen molar-refractivity contribution in [3.63, 3.8) is 0 Å². The van der Waals surface area contributed by atoms with Crippen LogP contribution in [-0.4, -0.2) is 37.0 Å². The van der Waals surface area contributed by atoms with Gasteiger partial charge in [0, 0.05) is 19.0 Å². The molecule has 156 valence electrons. The van der Waals surface area contributed by atoms with Crippen molar-refractivity contribution < 1.29 is 19.1 Å². The topological polar surface area (TPSA) is 67.9 Å². The SMILES string of the molecule is COc1ccc(CNC(=O)[C@@H](C)N(Cc2ccc(OC)cc2)C(=O)C(C)C)cc1. The smallest absolute Gasteiger partial charge is 0.242 e. The summed E-state index contributed by atoms with van der Waals surface area (Å²) in [6.07, 6.45) is 0. The van der Waals surface area contributed by atoms with E-state index in [1.54, 1.807) is 26.0 Å². The maximum Gasteiger partial charge on any atom is 0.242 e. The van der Waals surface area contributed by atoms with Crippen LogP contribution in [0.1, 0.15) is 31.9 Å². The van der Waals surface area contributed by atoms with Gasteiger partial charge in [-0.25, -0.2) is 0 Å². The Balaban J connectivity index is 2.07. The molecule has 2 aromatic carbocycles. The van der Waals surface area contributed by atoms with Crippen LogP contribution in [0, 0.1) is 5.92 Å². The molecule has 0 saturated heterocycles. The Morgan fingerprint density at radius 3 is 1.79 bits per heavy atom. The minimum Gasteiger partial charge on any atom is -0.497 e. The number of rotatable bonds is 9. The van der Waals surface area contributed by atoms with Crippen LogP contribution < -0.4 is 14.8 Å². The van der Waals surface area contributed by atoms with Gasteiger partial charge < -0.3 is 19.7 Å². The average molecular weight is 399 g/mol. The Labute approximate surface area is 172 Å². The van der Waals surface area contributed by atoms with Gasteiger partial charge in [0.05, 0.1) is 14.2 Å². The minimum absolute atomic E-state index is 0.0621. The first-order valence-corrected chi connectivity index (χ1v) is 9.69. The number of benzene rings is 2. The highest BCUT2D eigenvalue weighted by atomic mass is 16.5. The lowest BCUT2D eigenvalue weighted by Gasteiger charge is -2.30. The Bertz CT molecular complexity index is 801. The molecule has 0 fully saturated rings. The molecule has 0 spiro atoms. The maximum atomic E-state index is 12.8. The number of carbonyl (C=O) groups excluding carboxylic acids is 2. The van der Waals surface area contributed by atoms with Gasteiger partial charge in [-0.05, 0) is 42.3 Å². The predicted molar refractivity (Wildman–Crippen MR) is 113 cm³/mol. The quantitative estimate of drug-likeness (QED) is 0.703. The van der Waals surface area contributed by atoms with E-state index in [1.165, 1.54) is 0 Å². The normalized spacial score (nSPS) is 11.7. The van der Waals surface area contributed by atoms with E-state index in [9.17, 15) is 9.59 Å². The van der Waals surface area contributed by atoms with Crippen molar-refractivity contribution in [2.24, 2.45) is 5.92 Å². The van der Waals surface area contributed by atoms with E-state index in [0.717, 1.165) is 22.6 Å². The summed E-state index contributed by atoms with van der Waals surface area (Å²) < 4.78 is 10.3. The van der Waals surface area contributed by atoms with Crippen molar-refractivity contribution in [1.29, 1.82) is 0 Å². The van der Waals surface area contributed by atoms with Crippen LogP contribution in [0.5, 0.6) is 11.5 Å². The molecule has 0 unspecified atom stereocenters. The van der Waals surface area contributed by atoms with Crippen molar-refractivity contribution in [2.45, 2.75) is 39.9 Å². The lowest BCUT2D eigenvalue weighted by Crippen LogP contribution is -2.48. The van der Waals surface area contributed by atoms with E-state index in [-0.39, 0.29) is 17.7 Å². The molecule has 1 N–H and O–H groups in total. The summed E-state index contributed by atoms with van der Waals surface area (Å²) in [5.41, 5.74) is 1.90. The first-order valence-electron chi connectivity index (χ1n) is 9.69. The zero-order valence-corrected chi connectivity index (χ0v) is 17.8. The van der Waals surface area contributed by atoms with E-state index in [4.69, 9.17) is 9.47 Å². The summed E-state index contributed by atoms with van der Waals surface area (Å²) in [6, 6.07) is 14.4. The molecular weight excluding hydrogens is 368 g/mol. The van der Waals surface area contributed by atoms with Gasteiger partial charge in [0.2, 0.25) is 11.8 Å². The molecule has 0 aliphatic heterocycles. The molecule has 0 aliphatic carbocycles. The predicted octanol–water partition coefficient (Wildman–Crippen LogP) is 3.39. The van der Waals surface area contributed by atoms with E-state index < -0.39 is 6.04 Å². The summed E-state index contributed by atoms with van der Waals surface area (Å²) in [7, 11) is 3.22. The van der Waals surface area contributed by atoms with Crippen LogP contribution in [-0.2, 0) is 22.7 Å². The van der Waals surface area contributed by atoms with Gasteiger partial charge in [-0.1, -0.05) is 38.1 Å². The molecular formula is C23H30N2O4. The van der Waals surface area contributed by atoms with Gasteiger partial charge in [0.1, 0.15) is 17.5 Å². The molecule has 0 saturated carbocycles. The summed E-state index contributed by atoms with van der Waals surface area (Å²) >= 11 is 0. The lowest BCUT2D eigenvalue weighted by atomic mass is 10.1. The van der Waals surface area contributed by atoms with Gasteiger partial charge in [0.15, 0.2) is 0 Å². The molecule has 0 radical (unpaired) electrons. The fourth-order valence-electron chi connectivity index (χ4n) is 2.89.